The zero-order valence-electron chi connectivity index (χ0n) is 18.1. The van der Waals surface area contributed by atoms with Crippen LogP contribution in [0, 0.1) is 0 Å². The molecule has 1 aliphatic rings. The highest BCUT2D eigenvalue weighted by molar-refractivity contribution is 6.01. The van der Waals surface area contributed by atoms with Crippen LogP contribution in [0.4, 0.5) is 5.69 Å². The zero-order valence-corrected chi connectivity index (χ0v) is 18.1. The maximum Gasteiger partial charge on any atom is 0.251 e. The van der Waals surface area contributed by atoms with Gasteiger partial charge in [-0.1, -0.05) is 48.4 Å². The lowest BCUT2D eigenvalue weighted by Crippen LogP contribution is -2.47. The Kier molecular flexibility index (Phi) is 5.89. The van der Waals surface area contributed by atoms with E-state index in [1.165, 1.54) is 11.2 Å². The first-order valence-corrected chi connectivity index (χ1v) is 11.2. The number of hydrogen-bond donors (Lipinski definition) is 1. The number of anilines is 1. The Hall–Kier alpha value is -3.94. The van der Waals surface area contributed by atoms with Crippen molar-refractivity contribution >= 4 is 28.5 Å². The van der Waals surface area contributed by atoms with E-state index in [-0.39, 0.29) is 24.4 Å². The fraction of sp³-hybridized carbons (Fsp3) is 0.280. The molecule has 0 radical (unpaired) electrons. The van der Waals surface area contributed by atoms with Crippen molar-refractivity contribution in [3.63, 3.8) is 0 Å². The van der Waals surface area contributed by atoms with E-state index in [0.29, 0.717) is 17.0 Å². The summed E-state index contributed by atoms with van der Waals surface area (Å²) in [6.07, 6.45) is 5.60. The molecule has 8 heteroatoms. The number of carbonyl (C=O) groups is 2. The molecule has 1 fully saturated rings. The van der Waals surface area contributed by atoms with Crippen LogP contribution in [-0.4, -0.2) is 32.9 Å². The van der Waals surface area contributed by atoms with Gasteiger partial charge < -0.3 is 9.73 Å². The number of aromatic nitrogens is 3. The third kappa shape index (κ3) is 4.37. The van der Waals surface area contributed by atoms with Gasteiger partial charge in [0, 0.05) is 11.7 Å². The Bertz CT molecular complexity index is 1230. The van der Waals surface area contributed by atoms with E-state index in [0.717, 1.165) is 31.2 Å². The van der Waals surface area contributed by atoms with Gasteiger partial charge >= 0.3 is 0 Å². The van der Waals surface area contributed by atoms with Gasteiger partial charge in [-0.3, -0.25) is 14.5 Å². The van der Waals surface area contributed by atoms with Gasteiger partial charge in [0.2, 0.25) is 5.91 Å². The minimum Gasteiger partial charge on any atom is -0.467 e. The molecule has 2 aromatic carbocycles. The van der Waals surface area contributed by atoms with E-state index >= 15 is 0 Å². The first-order valence-electron chi connectivity index (χ1n) is 11.2. The van der Waals surface area contributed by atoms with Crippen LogP contribution in [0.1, 0.15) is 37.5 Å². The summed E-state index contributed by atoms with van der Waals surface area (Å²) in [6.45, 7) is -0.0661. The van der Waals surface area contributed by atoms with Crippen LogP contribution in [0.5, 0.6) is 0 Å². The molecule has 2 heterocycles. The minimum absolute atomic E-state index is 0.0661. The number of rotatable bonds is 7. The molecule has 0 aliphatic heterocycles. The second-order valence-electron chi connectivity index (χ2n) is 8.24. The van der Waals surface area contributed by atoms with Gasteiger partial charge in [0.15, 0.2) is 6.04 Å². The van der Waals surface area contributed by atoms with E-state index in [9.17, 15) is 9.59 Å². The van der Waals surface area contributed by atoms with Crippen LogP contribution >= 0.6 is 0 Å². The Balaban J connectivity index is 1.52. The molecule has 4 aromatic rings. The Morgan fingerprint density at radius 2 is 1.79 bits per heavy atom. The van der Waals surface area contributed by atoms with Crippen molar-refractivity contribution in [2.45, 2.75) is 44.3 Å². The van der Waals surface area contributed by atoms with Gasteiger partial charge in [0.1, 0.15) is 17.8 Å². The van der Waals surface area contributed by atoms with E-state index in [4.69, 9.17) is 4.42 Å². The molecule has 5 rings (SSSR count). The second kappa shape index (κ2) is 9.28. The average Bonchev–Trinajstić information content (AvgIpc) is 3.61. The summed E-state index contributed by atoms with van der Waals surface area (Å²) in [6, 6.07) is 19.3. The van der Waals surface area contributed by atoms with Gasteiger partial charge in [-0.05, 0) is 49.2 Å². The van der Waals surface area contributed by atoms with Gasteiger partial charge in [0.25, 0.3) is 5.91 Å². The van der Waals surface area contributed by atoms with Crippen molar-refractivity contribution in [3.8, 4) is 0 Å². The van der Waals surface area contributed by atoms with Gasteiger partial charge in [0.05, 0.1) is 11.8 Å². The Morgan fingerprint density at radius 3 is 2.55 bits per heavy atom. The molecule has 0 saturated heterocycles. The number of benzene rings is 2. The van der Waals surface area contributed by atoms with Gasteiger partial charge in [-0.15, -0.1) is 5.10 Å². The zero-order chi connectivity index (χ0) is 22.6. The predicted octanol–water partition coefficient (Wildman–Crippen LogP) is 3.86. The molecule has 2 aromatic heterocycles. The Labute approximate surface area is 191 Å². The molecular weight excluding hydrogens is 418 g/mol. The molecular formula is C25H25N5O3. The summed E-state index contributed by atoms with van der Waals surface area (Å²) in [5.41, 5.74) is 2.07. The standard InChI is InChI=1S/C25H25N5O3/c31-23(17-29-21-14-7-6-13-20(21)27-28-29)30(19-11-2-1-3-12-19)24(22-15-8-16-33-22)25(32)26-18-9-4-5-10-18/h1-3,6-8,11-16,18,24H,4-5,9-10,17H2,(H,26,32). The number of carbonyl (C=O) groups excluding carboxylic acids is 2. The average molecular weight is 444 g/mol. The number of hydrogen-bond acceptors (Lipinski definition) is 5. The van der Waals surface area contributed by atoms with Crippen molar-refractivity contribution in [1.82, 2.24) is 20.3 Å². The van der Waals surface area contributed by atoms with E-state index < -0.39 is 6.04 Å². The molecule has 0 bridgehead atoms. The smallest absolute Gasteiger partial charge is 0.251 e. The number of nitrogens with zero attached hydrogens (tertiary/aromatic N) is 4. The minimum atomic E-state index is -0.940. The van der Waals surface area contributed by atoms with Gasteiger partial charge in [-0.25, -0.2) is 4.68 Å². The quantitative estimate of drug-likeness (QED) is 0.468. The predicted molar refractivity (Wildman–Crippen MR) is 123 cm³/mol. The largest absolute Gasteiger partial charge is 0.467 e. The topological polar surface area (TPSA) is 93.3 Å². The molecule has 1 atom stereocenters. The number of fused-ring (bicyclic) bond motifs is 1. The molecule has 1 N–H and O–H groups in total. The first kappa shape index (κ1) is 20.9. The van der Waals surface area contributed by atoms with Crippen molar-refractivity contribution in [2.75, 3.05) is 4.90 Å². The lowest BCUT2D eigenvalue weighted by molar-refractivity contribution is -0.127. The molecule has 1 unspecified atom stereocenters. The third-order valence-corrected chi connectivity index (χ3v) is 6.03. The van der Waals surface area contributed by atoms with Gasteiger partial charge in [-0.2, -0.15) is 0 Å². The number of para-hydroxylation sites is 2. The Morgan fingerprint density at radius 1 is 1.03 bits per heavy atom. The van der Waals surface area contributed by atoms with Crippen LogP contribution in [0.15, 0.2) is 77.4 Å². The lowest BCUT2D eigenvalue weighted by atomic mass is 10.1. The highest BCUT2D eigenvalue weighted by Gasteiger charge is 2.36. The van der Waals surface area contributed by atoms with Crippen molar-refractivity contribution < 1.29 is 14.0 Å². The summed E-state index contributed by atoms with van der Waals surface area (Å²) >= 11 is 0. The van der Waals surface area contributed by atoms with Crippen LogP contribution in [0.3, 0.4) is 0 Å². The van der Waals surface area contributed by atoms with Crippen LogP contribution in [0.25, 0.3) is 11.0 Å². The summed E-state index contributed by atoms with van der Waals surface area (Å²) in [5.74, 6) is -0.136. The summed E-state index contributed by atoms with van der Waals surface area (Å²) in [7, 11) is 0. The van der Waals surface area contributed by atoms with Crippen molar-refractivity contribution in [2.24, 2.45) is 0 Å². The van der Waals surface area contributed by atoms with Crippen LogP contribution < -0.4 is 10.2 Å². The van der Waals surface area contributed by atoms with E-state index in [2.05, 4.69) is 15.6 Å². The van der Waals surface area contributed by atoms with Crippen molar-refractivity contribution in [1.29, 1.82) is 0 Å². The fourth-order valence-electron chi connectivity index (χ4n) is 4.43. The highest BCUT2D eigenvalue weighted by Crippen LogP contribution is 2.30. The van der Waals surface area contributed by atoms with Crippen molar-refractivity contribution in [3.05, 3.63) is 78.8 Å². The number of furan rings is 1. The monoisotopic (exact) mass is 443 g/mol. The maximum absolute atomic E-state index is 13.7. The highest BCUT2D eigenvalue weighted by atomic mass is 16.3. The molecule has 33 heavy (non-hydrogen) atoms. The SMILES string of the molecule is O=C(NC1CCCC1)C(c1ccco1)N(C(=O)Cn1nnc2ccccc21)c1ccccc1. The number of amides is 2. The molecule has 1 saturated carbocycles. The first-order chi connectivity index (χ1) is 16.2. The molecule has 8 nitrogen and oxygen atoms in total. The molecule has 2 amide bonds. The normalized spacial score (nSPS) is 14.9. The molecule has 1 aliphatic carbocycles. The lowest BCUT2D eigenvalue weighted by Gasteiger charge is -2.30. The summed E-state index contributed by atoms with van der Waals surface area (Å²) < 4.78 is 7.21. The summed E-state index contributed by atoms with van der Waals surface area (Å²) in [5, 5.41) is 11.4. The van der Waals surface area contributed by atoms with Crippen LogP contribution in [0.2, 0.25) is 0 Å². The number of nitrogens with one attached hydrogen (secondary N) is 1. The fourth-order valence-corrected chi connectivity index (χ4v) is 4.43. The molecule has 0 spiro atoms. The third-order valence-electron chi connectivity index (χ3n) is 6.03. The second-order valence-corrected chi connectivity index (χ2v) is 8.24. The molecule has 168 valence electrons. The van der Waals surface area contributed by atoms with E-state index in [1.807, 2.05) is 54.6 Å². The van der Waals surface area contributed by atoms with Crippen LogP contribution in [-0.2, 0) is 16.1 Å². The summed E-state index contributed by atoms with van der Waals surface area (Å²) in [4.78, 5) is 28.8. The maximum atomic E-state index is 13.7. The van der Waals surface area contributed by atoms with E-state index in [1.54, 1.807) is 16.8 Å².